The molecule has 1 heterocycles. The number of alkyl halides is 1. The fourth-order valence-corrected chi connectivity index (χ4v) is 5.45. The zero-order valence-electron chi connectivity index (χ0n) is 9.99. The largest absolute Gasteiger partial charge is 0.381 e. The average molecular weight is 313 g/mol. The van der Waals surface area contributed by atoms with Gasteiger partial charge in [-0.25, -0.2) is 8.42 Å². The van der Waals surface area contributed by atoms with Gasteiger partial charge in [0.2, 0.25) is 0 Å². The normalized spacial score (nSPS) is 21.2. The Morgan fingerprint density at radius 2 is 1.88 bits per heavy atom. The van der Waals surface area contributed by atoms with Crippen molar-refractivity contribution in [3.8, 4) is 0 Å². The van der Waals surface area contributed by atoms with Gasteiger partial charge in [-0.2, -0.15) is 0 Å². The Balaban J connectivity index is 2.62. The van der Waals surface area contributed by atoms with E-state index in [1.165, 1.54) is 0 Å². The maximum Gasteiger partial charge on any atom is 0.153 e. The van der Waals surface area contributed by atoms with Gasteiger partial charge in [-0.05, 0) is 24.7 Å². The van der Waals surface area contributed by atoms with Gasteiger partial charge in [-0.3, -0.25) is 0 Å². The highest BCUT2D eigenvalue weighted by Gasteiger charge is 2.30. The molecule has 0 saturated carbocycles. The van der Waals surface area contributed by atoms with Gasteiger partial charge in [0.15, 0.2) is 9.84 Å². The molecule has 0 aromatic rings. The summed E-state index contributed by atoms with van der Waals surface area (Å²) in [5, 5.41) is 0.578. The van der Waals surface area contributed by atoms with Crippen molar-refractivity contribution in [3.63, 3.8) is 0 Å². The molecule has 0 amide bonds. The molecule has 1 unspecified atom stereocenters. The summed E-state index contributed by atoms with van der Waals surface area (Å²) in [5.74, 6) is 0.919. The molecule has 1 fully saturated rings. The van der Waals surface area contributed by atoms with Crippen LogP contribution >= 0.6 is 15.9 Å². The van der Waals surface area contributed by atoms with Crippen molar-refractivity contribution >= 4 is 25.8 Å². The van der Waals surface area contributed by atoms with Crippen LogP contribution in [0.15, 0.2) is 0 Å². The minimum atomic E-state index is -2.95. The van der Waals surface area contributed by atoms with Crippen LogP contribution in [0.2, 0.25) is 0 Å². The highest BCUT2D eigenvalue weighted by Crippen LogP contribution is 2.22. The zero-order valence-corrected chi connectivity index (χ0v) is 12.4. The van der Waals surface area contributed by atoms with Crippen LogP contribution in [0.1, 0.15) is 26.7 Å². The molecule has 0 aromatic heterocycles. The number of rotatable bonds is 5. The summed E-state index contributed by atoms with van der Waals surface area (Å²) in [4.78, 5) is 0. The molecule has 0 radical (unpaired) electrons. The predicted molar refractivity (Wildman–Crippen MR) is 69.7 cm³/mol. The van der Waals surface area contributed by atoms with Gasteiger partial charge in [-0.1, -0.05) is 29.8 Å². The highest BCUT2D eigenvalue weighted by molar-refractivity contribution is 9.09. The first-order chi connectivity index (χ1) is 7.47. The van der Waals surface area contributed by atoms with Crippen LogP contribution in [0.5, 0.6) is 0 Å². The first-order valence-corrected chi connectivity index (χ1v) is 8.66. The van der Waals surface area contributed by atoms with Crippen LogP contribution < -0.4 is 0 Å². The van der Waals surface area contributed by atoms with E-state index in [-0.39, 0.29) is 11.2 Å². The van der Waals surface area contributed by atoms with Gasteiger partial charge in [0, 0.05) is 18.5 Å². The third kappa shape index (κ3) is 4.00. The Kier molecular flexibility index (Phi) is 5.74. The first kappa shape index (κ1) is 14.5. The standard InChI is InChI=1S/C11H21BrO3S/c1-9(2)10(7-12)8-16(13,14)11-3-5-15-6-4-11/h9-11H,3-8H2,1-2H3. The van der Waals surface area contributed by atoms with E-state index in [1.807, 2.05) is 0 Å². The summed E-state index contributed by atoms with van der Waals surface area (Å²) in [5.41, 5.74) is 0. The Morgan fingerprint density at radius 1 is 1.31 bits per heavy atom. The van der Waals surface area contributed by atoms with E-state index in [2.05, 4.69) is 29.8 Å². The summed E-state index contributed by atoms with van der Waals surface area (Å²) in [7, 11) is -2.95. The lowest BCUT2D eigenvalue weighted by Crippen LogP contribution is -2.34. The lowest BCUT2D eigenvalue weighted by molar-refractivity contribution is 0.0983. The summed E-state index contributed by atoms with van der Waals surface area (Å²) in [6.07, 6.45) is 1.32. The Hall–Kier alpha value is 0.390. The molecule has 5 heteroatoms. The number of ether oxygens (including phenoxy) is 1. The van der Waals surface area contributed by atoms with Crippen LogP contribution in [-0.4, -0.2) is 38.0 Å². The van der Waals surface area contributed by atoms with Gasteiger partial charge >= 0.3 is 0 Å². The van der Waals surface area contributed by atoms with Crippen LogP contribution in [0.4, 0.5) is 0 Å². The van der Waals surface area contributed by atoms with Gasteiger partial charge in [-0.15, -0.1) is 0 Å². The predicted octanol–water partition coefficient (Wildman–Crippen LogP) is 2.25. The molecule has 1 rings (SSSR count). The van der Waals surface area contributed by atoms with E-state index in [9.17, 15) is 8.42 Å². The topological polar surface area (TPSA) is 43.4 Å². The molecule has 0 aliphatic carbocycles. The minimum absolute atomic E-state index is 0.179. The molecular formula is C11H21BrO3S. The Bertz CT molecular complexity index is 294. The zero-order chi connectivity index (χ0) is 12.2. The molecule has 3 nitrogen and oxygen atoms in total. The second-order valence-electron chi connectivity index (χ2n) is 4.80. The maximum absolute atomic E-state index is 12.2. The third-order valence-electron chi connectivity index (χ3n) is 3.26. The van der Waals surface area contributed by atoms with Crippen LogP contribution in [0.3, 0.4) is 0 Å². The Labute approximate surface area is 107 Å². The monoisotopic (exact) mass is 312 g/mol. The molecular weight excluding hydrogens is 292 g/mol. The summed E-state index contributed by atoms with van der Waals surface area (Å²) in [6, 6.07) is 0. The van der Waals surface area contributed by atoms with E-state index in [0.29, 0.717) is 37.7 Å². The lowest BCUT2D eigenvalue weighted by atomic mass is 10.0. The van der Waals surface area contributed by atoms with Crippen molar-refractivity contribution in [1.29, 1.82) is 0 Å². The number of halogens is 1. The van der Waals surface area contributed by atoms with Crippen LogP contribution in [0.25, 0.3) is 0 Å². The van der Waals surface area contributed by atoms with Gasteiger partial charge in [0.05, 0.1) is 11.0 Å². The fourth-order valence-electron chi connectivity index (χ4n) is 1.88. The highest BCUT2D eigenvalue weighted by atomic mass is 79.9. The third-order valence-corrected chi connectivity index (χ3v) is 6.48. The molecule has 1 atom stereocenters. The molecule has 1 saturated heterocycles. The van der Waals surface area contributed by atoms with Crippen molar-refractivity contribution in [2.45, 2.75) is 31.9 Å². The van der Waals surface area contributed by atoms with Crippen LogP contribution in [-0.2, 0) is 14.6 Å². The van der Waals surface area contributed by atoms with E-state index in [4.69, 9.17) is 4.74 Å². The molecule has 1 aliphatic heterocycles. The molecule has 1 aliphatic rings. The van der Waals surface area contributed by atoms with Gasteiger partial charge < -0.3 is 4.74 Å². The molecule has 0 N–H and O–H groups in total. The second-order valence-corrected chi connectivity index (χ2v) is 7.77. The molecule has 0 bridgehead atoms. The summed E-state index contributed by atoms with van der Waals surface area (Å²) in [6.45, 7) is 5.33. The van der Waals surface area contributed by atoms with E-state index >= 15 is 0 Å². The fraction of sp³-hybridized carbons (Fsp3) is 1.00. The van der Waals surface area contributed by atoms with Crippen molar-refractivity contribution in [1.82, 2.24) is 0 Å². The van der Waals surface area contributed by atoms with Crippen molar-refractivity contribution < 1.29 is 13.2 Å². The smallest absolute Gasteiger partial charge is 0.153 e. The SMILES string of the molecule is CC(C)C(CBr)CS(=O)(=O)C1CCOCC1. The molecule has 0 aromatic carbocycles. The second kappa shape index (κ2) is 6.36. The number of hydrogen-bond acceptors (Lipinski definition) is 3. The number of hydrogen-bond donors (Lipinski definition) is 0. The van der Waals surface area contributed by atoms with Crippen LogP contribution in [0, 0.1) is 11.8 Å². The summed E-state index contributed by atoms with van der Waals surface area (Å²) >= 11 is 3.40. The maximum atomic E-state index is 12.2. The molecule has 96 valence electrons. The Morgan fingerprint density at radius 3 is 2.31 bits per heavy atom. The van der Waals surface area contributed by atoms with Crippen molar-refractivity contribution in [3.05, 3.63) is 0 Å². The lowest BCUT2D eigenvalue weighted by Gasteiger charge is -2.25. The van der Waals surface area contributed by atoms with Crippen molar-refractivity contribution in [2.24, 2.45) is 11.8 Å². The number of sulfone groups is 1. The van der Waals surface area contributed by atoms with E-state index in [0.717, 1.165) is 5.33 Å². The molecule has 0 spiro atoms. The average Bonchev–Trinajstić information content (AvgIpc) is 2.27. The minimum Gasteiger partial charge on any atom is -0.381 e. The van der Waals surface area contributed by atoms with Gasteiger partial charge in [0.1, 0.15) is 0 Å². The first-order valence-electron chi connectivity index (χ1n) is 5.82. The van der Waals surface area contributed by atoms with E-state index < -0.39 is 9.84 Å². The summed E-state index contributed by atoms with van der Waals surface area (Å²) < 4.78 is 29.6. The van der Waals surface area contributed by atoms with Crippen molar-refractivity contribution in [2.75, 3.05) is 24.3 Å². The molecule has 16 heavy (non-hydrogen) atoms. The quantitative estimate of drug-likeness (QED) is 0.731. The van der Waals surface area contributed by atoms with Gasteiger partial charge in [0.25, 0.3) is 0 Å². The van der Waals surface area contributed by atoms with E-state index in [1.54, 1.807) is 0 Å².